The van der Waals surface area contributed by atoms with Crippen LogP contribution in [0.4, 0.5) is 5.69 Å². The van der Waals surface area contributed by atoms with E-state index in [0.29, 0.717) is 16.6 Å². The summed E-state index contributed by atoms with van der Waals surface area (Å²) in [5.74, 6) is 0.406. The lowest BCUT2D eigenvalue weighted by Crippen LogP contribution is -2.08. The molecule has 0 saturated heterocycles. The number of hydrogen-bond acceptors (Lipinski definition) is 3. The first kappa shape index (κ1) is 21.0. The molecule has 5 nitrogen and oxygen atoms in total. The van der Waals surface area contributed by atoms with Gasteiger partial charge in [0, 0.05) is 23.1 Å². The van der Waals surface area contributed by atoms with Crippen LogP contribution in [0.15, 0.2) is 55.0 Å². The van der Waals surface area contributed by atoms with E-state index in [4.69, 9.17) is 23.2 Å². The molecule has 0 unspecified atom stereocenters. The molecule has 1 N–H and O–H groups in total. The summed E-state index contributed by atoms with van der Waals surface area (Å²) >= 11 is 13.5. The summed E-state index contributed by atoms with van der Waals surface area (Å²) in [6.45, 7) is 3.57. The minimum atomic E-state index is -0.128. The van der Waals surface area contributed by atoms with Gasteiger partial charge in [-0.15, -0.1) is 0 Å². The number of carbonyl (C=O) groups is 1. The second-order valence-corrected chi connectivity index (χ2v) is 9.04. The summed E-state index contributed by atoms with van der Waals surface area (Å²) in [6, 6.07) is 13.5. The molecule has 1 atom stereocenters. The van der Waals surface area contributed by atoms with Crippen molar-refractivity contribution in [2.75, 3.05) is 5.32 Å². The molecule has 32 heavy (non-hydrogen) atoms. The third-order valence-electron chi connectivity index (χ3n) is 5.98. The molecule has 0 radical (unpaired) electrons. The zero-order valence-corrected chi connectivity index (χ0v) is 19.3. The van der Waals surface area contributed by atoms with Crippen molar-refractivity contribution in [2.24, 2.45) is 0 Å². The summed E-state index contributed by atoms with van der Waals surface area (Å²) in [5, 5.41) is 4.28. The Morgan fingerprint density at radius 1 is 1.16 bits per heavy atom. The van der Waals surface area contributed by atoms with Crippen molar-refractivity contribution in [3.8, 4) is 11.3 Å². The maximum atomic E-state index is 11.6. The second-order valence-electron chi connectivity index (χ2n) is 8.25. The fourth-order valence-corrected chi connectivity index (χ4v) is 5.05. The third kappa shape index (κ3) is 3.76. The van der Waals surface area contributed by atoms with E-state index in [1.807, 2.05) is 42.5 Å². The zero-order valence-electron chi connectivity index (χ0n) is 17.8. The van der Waals surface area contributed by atoms with Crippen LogP contribution in [0, 0.1) is 0 Å². The van der Waals surface area contributed by atoms with Crippen molar-refractivity contribution < 1.29 is 4.79 Å². The lowest BCUT2D eigenvalue weighted by Gasteiger charge is -2.20. The van der Waals surface area contributed by atoms with Gasteiger partial charge in [0.2, 0.25) is 5.91 Å². The van der Waals surface area contributed by atoms with E-state index in [1.54, 1.807) is 12.5 Å². The zero-order chi connectivity index (χ0) is 22.4. The SMILES string of the molecule is CC(=O)Nc1ccccc1-c1cc2c(cn1)ncn2[C@H](C)c1c(Cl)ccc(C2CC2)c1Cl. The first-order valence-electron chi connectivity index (χ1n) is 10.6. The van der Waals surface area contributed by atoms with Gasteiger partial charge in [0.15, 0.2) is 0 Å². The molecule has 4 aromatic rings. The van der Waals surface area contributed by atoms with Gasteiger partial charge in [0.25, 0.3) is 0 Å². The number of anilines is 1. The van der Waals surface area contributed by atoms with E-state index in [0.717, 1.165) is 32.9 Å². The monoisotopic (exact) mass is 464 g/mol. The van der Waals surface area contributed by atoms with Crippen LogP contribution in [0.25, 0.3) is 22.3 Å². The number of nitrogens with one attached hydrogen (secondary N) is 1. The predicted octanol–water partition coefficient (Wildman–Crippen LogP) is 6.85. The Morgan fingerprint density at radius 3 is 2.69 bits per heavy atom. The molecule has 7 heteroatoms. The van der Waals surface area contributed by atoms with E-state index in [9.17, 15) is 4.79 Å². The number of para-hydroxylation sites is 1. The van der Waals surface area contributed by atoms with Crippen LogP contribution in [0.1, 0.15) is 49.8 Å². The van der Waals surface area contributed by atoms with Crippen molar-refractivity contribution in [3.63, 3.8) is 0 Å². The standard InChI is InChI=1S/C25H22Cl2N4O/c1-14(24-19(26)10-9-17(25(24)27)16-7-8-16)31-13-29-22-12-28-21(11-23(22)31)18-5-3-4-6-20(18)30-15(2)32/h3-6,9-14,16H,7-8H2,1-2H3,(H,30,32)/t14-/m1/s1. The van der Waals surface area contributed by atoms with Crippen molar-refractivity contribution in [3.05, 3.63) is 76.2 Å². The van der Waals surface area contributed by atoms with Gasteiger partial charge in [0.05, 0.1) is 40.5 Å². The van der Waals surface area contributed by atoms with Crippen LogP contribution in [-0.4, -0.2) is 20.4 Å². The largest absolute Gasteiger partial charge is 0.326 e. The van der Waals surface area contributed by atoms with Gasteiger partial charge in [-0.05, 0) is 49.4 Å². The molecule has 2 heterocycles. The predicted molar refractivity (Wildman–Crippen MR) is 130 cm³/mol. The van der Waals surface area contributed by atoms with Gasteiger partial charge in [-0.3, -0.25) is 9.78 Å². The number of pyridine rings is 1. The van der Waals surface area contributed by atoms with Gasteiger partial charge in [-0.2, -0.15) is 0 Å². The first-order chi connectivity index (χ1) is 15.4. The van der Waals surface area contributed by atoms with Gasteiger partial charge < -0.3 is 9.88 Å². The highest BCUT2D eigenvalue weighted by molar-refractivity contribution is 6.36. The molecule has 2 aromatic carbocycles. The Balaban J connectivity index is 1.61. The number of nitrogens with zero attached hydrogens (tertiary/aromatic N) is 3. The number of rotatable bonds is 5. The smallest absolute Gasteiger partial charge is 0.221 e. The topological polar surface area (TPSA) is 59.8 Å². The molecule has 1 aliphatic rings. The Bertz CT molecular complexity index is 1340. The summed E-state index contributed by atoms with van der Waals surface area (Å²) in [6.07, 6.45) is 5.90. The van der Waals surface area contributed by atoms with Gasteiger partial charge >= 0.3 is 0 Å². The molecule has 1 amide bonds. The molecule has 162 valence electrons. The molecule has 2 aromatic heterocycles. The summed E-state index contributed by atoms with van der Waals surface area (Å²) in [7, 11) is 0. The number of imidazole rings is 1. The van der Waals surface area contributed by atoms with E-state index in [-0.39, 0.29) is 11.9 Å². The summed E-state index contributed by atoms with van der Waals surface area (Å²) < 4.78 is 2.07. The highest BCUT2D eigenvalue weighted by atomic mass is 35.5. The molecule has 1 fully saturated rings. The van der Waals surface area contributed by atoms with Crippen LogP contribution in [0.2, 0.25) is 10.0 Å². The number of carbonyl (C=O) groups excluding carboxylic acids is 1. The minimum Gasteiger partial charge on any atom is -0.326 e. The molecular formula is C25H22Cl2N4O. The Hall–Kier alpha value is -2.89. The molecule has 0 bridgehead atoms. The normalized spacial score (nSPS) is 14.5. The maximum absolute atomic E-state index is 11.6. The number of aromatic nitrogens is 3. The molecule has 0 aliphatic heterocycles. The lowest BCUT2D eigenvalue weighted by molar-refractivity contribution is -0.114. The van der Waals surface area contributed by atoms with Crippen LogP contribution in [-0.2, 0) is 4.79 Å². The average Bonchev–Trinajstić information content (AvgIpc) is 3.51. The first-order valence-corrected chi connectivity index (χ1v) is 11.4. The van der Waals surface area contributed by atoms with Crippen molar-refractivity contribution in [1.82, 2.24) is 14.5 Å². The van der Waals surface area contributed by atoms with Crippen molar-refractivity contribution in [1.29, 1.82) is 0 Å². The molecule has 1 saturated carbocycles. The Morgan fingerprint density at radius 2 is 1.94 bits per heavy atom. The van der Waals surface area contributed by atoms with Gasteiger partial charge in [-0.25, -0.2) is 4.98 Å². The minimum absolute atomic E-state index is 0.112. The highest BCUT2D eigenvalue weighted by Gasteiger charge is 2.29. The lowest BCUT2D eigenvalue weighted by atomic mass is 10.0. The fourth-order valence-electron chi connectivity index (χ4n) is 4.21. The molecule has 5 rings (SSSR count). The second kappa shape index (κ2) is 8.23. The number of halogens is 2. The molecule has 1 aliphatic carbocycles. The maximum Gasteiger partial charge on any atom is 0.221 e. The quantitative estimate of drug-likeness (QED) is 0.351. The van der Waals surface area contributed by atoms with Crippen LogP contribution >= 0.6 is 23.2 Å². The van der Waals surface area contributed by atoms with Gasteiger partial charge in [-0.1, -0.05) is 47.5 Å². The van der Waals surface area contributed by atoms with Crippen LogP contribution < -0.4 is 5.32 Å². The Labute approximate surface area is 196 Å². The highest BCUT2D eigenvalue weighted by Crippen LogP contribution is 2.47. The van der Waals surface area contributed by atoms with Crippen LogP contribution in [0.3, 0.4) is 0 Å². The van der Waals surface area contributed by atoms with Crippen molar-refractivity contribution >= 4 is 45.8 Å². The number of benzene rings is 2. The molecule has 0 spiro atoms. The number of fused-ring (bicyclic) bond motifs is 1. The average molecular weight is 465 g/mol. The van der Waals surface area contributed by atoms with Gasteiger partial charge in [0.1, 0.15) is 5.52 Å². The fraction of sp³-hybridized carbons (Fsp3) is 0.240. The van der Waals surface area contributed by atoms with E-state index in [1.165, 1.54) is 25.3 Å². The number of hydrogen-bond donors (Lipinski definition) is 1. The summed E-state index contributed by atoms with van der Waals surface area (Å²) in [5.41, 5.74) is 6.10. The Kier molecular flexibility index (Phi) is 5.39. The van der Waals surface area contributed by atoms with E-state index < -0.39 is 0 Å². The number of amides is 1. The summed E-state index contributed by atoms with van der Waals surface area (Å²) in [4.78, 5) is 20.8. The van der Waals surface area contributed by atoms with Crippen molar-refractivity contribution in [2.45, 2.75) is 38.6 Å². The van der Waals surface area contributed by atoms with E-state index in [2.05, 4.69) is 26.8 Å². The van der Waals surface area contributed by atoms with E-state index >= 15 is 0 Å². The molecular weight excluding hydrogens is 443 g/mol. The third-order valence-corrected chi connectivity index (χ3v) is 6.73. The van der Waals surface area contributed by atoms with Crippen LogP contribution in [0.5, 0.6) is 0 Å².